The molecule has 0 fully saturated rings. The second-order valence-corrected chi connectivity index (χ2v) is 7.41. The molecule has 1 aromatic carbocycles. The van der Waals surface area contributed by atoms with Crippen molar-refractivity contribution in [3.05, 3.63) is 36.2 Å². The first-order valence-corrected chi connectivity index (χ1v) is 8.71. The molecule has 0 bridgehead atoms. The number of imidazole rings is 1. The Labute approximate surface area is 126 Å². The molecule has 1 N–H and O–H groups in total. The number of sulfonamides is 1. The van der Waals surface area contributed by atoms with Crippen LogP contribution in [0.5, 0.6) is 0 Å². The van der Waals surface area contributed by atoms with E-state index in [2.05, 4.69) is 14.7 Å². The zero-order valence-electron chi connectivity index (χ0n) is 11.5. The molecule has 0 unspecified atom stereocenters. The Balaban J connectivity index is 1.90. The average Bonchev–Trinajstić information content (AvgIpc) is 3.07. The van der Waals surface area contributed by atoms with Gasteiger partial charge in [-0.2, -0.15) is 8.42 Å². The van der Waals surface area contributed by atoms with Gasteiger partial charge in [-0.3, -0.25) is 4.72 Å². The third kappa shape index (κ3) is 2.77. The molecule has 0 amide bonds. The molecule has 0 atom stereocenters. The fourth-order valence-corrected chi connectivity index (χ4v) is 3.51. The van der Waals surface area contributed by atoms with Crippen molar-refractivity contribution in [2.75, 3.05) is 4.72 Å². The van der Waals surface area contributed by atoms with Crippen LogP contribution >= 0.6 is 11.3 Å². The van der Waals surface area contributed by atoms with Crippen LogP contribution in [-0.2, 0) is 10.0 Å². The summed E-state index contributed by atoms with van der Waals surface area (Å²) in [4.78, 5) is 8.13. The van der Waals surface area contributed by atoms with Crippen LogP contribution in [0.2, 0.25) is 0 Å². The highest BCUT2D eigenvalue weighted by Crippen LogP contribution is 2.23. The number of hydrogen-bond acceptors (Lipinski definition) is 5. The second-order valence-electron chi connectivity index (χ2n) is 4.89. The third-order valence-corrected chi connectivity index (χ3v) is 5.11. The van der Waals surface area contributed by atoms with Gasteiger partial charge in [0.2, 0.25) is 0 Å². The fourth-order valence-electron chi connectivity index (χ4n) is 1.87. The Bertz CT molecular complexity index is 880. The number of thiazole rings is 1. The van der Waals surface area contributed by atoms with E-state index >= 15 is 0 Å². The van der Waals surface area contributed by atoms with Gasteiger partial charge in [0, 0.05) is 12.2 Å². The molecule has 0 saturated heterocycles. The van der Waals surface area contributed by atoms with Gasteiger partial charge in [0.1, 0.15) is 0 Å². The first kappa shape index (κ1) is 14.0. The van der Waals surface area contributed by atoms with Crippen LogP contribution in [-0.4, -0.2) is 23.0 Å². The summed E-state index contributed by atoms with van der Waals surface area (Å²) in [5.74, 6) is 0. The lowest BCUT2D eigenvalue weighted by Gasteiger charge is -2.06. The number of fused-ring (bicyclic) bond motifs is 1. The molecule has 2 aromatic heterocycles. The van der Waals surface area contributed by atoms with Crippen molar-refractivity contribution in [3.63, 3.8) is 0 Å². The van der Waals surface area contributed by atoms with Crippen LogP contribution in [0.3, 0.4) is 0 Å². The quantitative estimate of drug-likeness (QED) is 0.801. The lowest BCUT2D eigenvalue weighted by atomic mass is 10.3. The minimum atomic E-state index is -3.68. The number of aromatic nitrogens is 3. The van der Waals surface area contributed by atoms with Gasteiger partial charge in [-0.05, 0) is 32.0 Å². The van der Waals surface area contributed by atoms with Gasteiger partial charge in [-0.1, -0.05) is 0 Å². The maximum absolute atomic E-state index is 12.3. The molecule has 0 radical (unpaired) electrons. The molecular formula is C13H14N4O2S2. The van der Waals surface area contributed by atoms with Gasteiger partial charge in [0.15, 0.2) is 5.03 Å². The predicted octanol–water partition coefficient (Wildman–Crippen LogP) is 2.87. The first-order valence-electron chi connectivity index (χ1n) is 6.35. The molecule has 8 heteroatoms. The maximum atomic E-state index is 12.3. The smallest absolute Gasteiger partial charge is 0.280 e. The van der Waals surface area contributed by atoms with Gasteiger partial charge in [-0.25, -0.2) is 9.97 Å². The normalized spacial score (nSPS) is 12.1. The summed E-state index contributed by atoms with van der Waals surface area (Å²) in [5, 5.41) is 0.00887. The topological polar surface area (TPSA) is 76.9 Å². The van der Waals surface area contributed by atoms with E-state index in [-0.39, 0.29) is 11.1 Å². The molecule has 0 aliphatic carbocycles. The van der Waals surface area contributed by atoms with E-state index in [0.717, 1.165) is 10.2 Å². The fraction of sp³-hybridized carbons (Fsp3) is 0.231. The van der Waals surface area contributed by atoms with Crippen LogP contribution in [0.4, 0.5) is 5.69 Å². The molecule has 0 saturated carbocycles. The van der Waals surface area contributed by atoms with Crippen LogP contribution in [0.25, 0.3) is 10.2 Å². The van der Waals surface area contributed by atoms with Gasteiger partial charge in [-0.15, -0.1) is 11.3 Å². The third-order valence-electron chi connectivity index (χ3n) is 3.03. The summed E-state index contributed by atoms with van der Waals surface area (Å²) in [5.41, 5.74) is 2.98. The SMILES string of the molecule is CC(C)n1cnc(S(=O)(=O)Nc2ccc3scnc3c2)c1. The average molecular weight is 322 g/mol. The monoisotopic (exact) mass is 322 g/mol. The van der Waals surface area contributed by atoms with Crippen molar-refractivity contribution in [2.24, 2.45) is 0 Å². The summed E-state index contributed by atoms with van der Waals surface area (Å²) >= 11 is 1.51. The van der Waals surface area contributed by atoms with Gasteiger partial charge in [0.25, 0.3) is 10.0 Å². The van der Waals surface area contributed by atoms with Crippen molar-refractivity contribution >= 4 is 37.3 Å². The molecule has 2 heterocycles. The van der Waals surface area contributed by atoms with Crippen LogP contribution < -0.4 is 4.72 Å². The molecule has 21 heavy (non-hydrogen) atoms. The summed E-state index contributed by atoms with van der Waals surface area (Å²) in [6.07, 6.45) is 3.04. The Hall–Kier alpha value is -1.93. The number of anilines is 1. The van der Waals surface area contributed by atoms with Gasteiger partial charge in [0.05, 0.1) is 27.7 Å². The minimum absolute atomic E-state index is 0.00887. The van der Waals surface area contributed by atoms with Crippen molar-refractivity contribution < 1.29 is 8.42 Å². The minimum Gasteiger partial charge on any atom is -0.334 e. The summed E-state index contributed by atoms with van der Waals surface area (Å²) < 4.78 is 29.9. The molecule has 0 aliphatic rings. The van der Waals surface area contributed by atoms with Crippen LogP contribution in [0, 0.1) is 0 Å². The van der Waals surface area contributed by atoms with E-state index in [9.17, 15) is 8.42 Å². The van der Waals surface area contributed by atoms with E-state index in [0.29, 0.717) is 5.69 Å². The Morgan fingerprint density at radius 1 is 1.29 bits per heavy atom. The van der Waals surface area contributed by atoms with Gasteiger partial charge < -0.3 is 4.57 Å². The molecule has 0 spiro atoms. The standard InChI is InChI=1S/C13H14N4O2S2/c1-9(2)17-6-13(14-7-17)21(18,19)16-10-3-4-12-11(5-10)15-8-20-12/h3-9,16H,1-2H3. The van der Waals surface area contributed by atoms with Crippen LogP contribution in [0.15, 0.2) is 41.3 Å². The van der Waals surface area contributed by atoms with E-state index in [4.69, 9.17) is 0 Å². The number of nitrogens with one attached hydrogen (secondary N) is 1. The number of hydrogen-bond donors (Lipinski definition) is 1. The molecule has 0 aliphatic heterocycles. The summed E-state index contributed by atoms with van der Waals surface area (Å²) in [7, 11) is -3.68. The summed E-state index contributed by atoms with van der Waals surface area (Å²) in [6.45, 7) is 3.92. The Morgan fingerprint density at radius 3 is 2.81 bits per heavy atom. The zero-order valence-corrected chi connectivity index (χ0v) is 13.1. The Kier molecular flexibility index (Phi) is 3.42. The second kappa shape index (κ2) is 5.12. The summed E-state index contributed by atoms with van der Waals surface area (Å²) in [6, 6.07) is 5.44. The van der Waals surface area contributed by atoms with Gasteiger partial charge >= 0.3 is 0 Å². The van der Waals surface area contributed by atoms with E-state index in [1.165, 1.54) is 23.9 Å². The molecule has 6 nitrogen and oxygen atoms in total. The first-order chi connectivity index (χ1) is 9.95. The van der Waals surface area contributed by atoms with E-state index in [1.807, 2.05) is 19.9 Å². The van der Waals surface area contributed by atoms with Crippen LogP contribution in [0.1, 0.15) is 19.9 Å². The largest absolute Gasteiger partial charge is 0.334 e. The number of nitrogens with zero attached hydrogens (tertiary/aromatic N) is 3. The number of rotatable bonds is 4. The Morgan fingerprint density at radius 2 is 2.10 bits per heavy atom. The van der Waals surface area contributed by atoms with Crippen molar-refractivity contribution in [3.8, 4) is 0 Å². The van der Waals surface area contributed by atoms with Crippen molar-refractivity contribution in [2.45, 2.75) is 24.9 Å². The molecular weight excluding hydrogens is 308 g/mol. The zero-order chi connectivity index (χ0) is 15.0. The lowest BCUT2D eigenvalue weighted by molar-refractivity contribution is 0.591. The number of benzene rings is 1. The van der Waals surface area contributed by atoms with Crippen molar-refractivity contribution in [1.82, 2.24) is 14.5 Å². The highest BCUT2D eigenvalue weighted by atomic mass is 32.2. The molecule has 110 valence electrons. The maximum Gasteiger partial charge on any atom is 0.280 e. The highest BCUT2D eigenvalue weighted by molar-refractivity contribution is 7.92. The highest BCUT2D eigenvalue weighted by Gasteiger charge is 2.18. The molecule has 3 rings (SSSR count). The van der Waals surface area contributed by atoms with E-state index < -0.39 is 10.0 Å². The predicted molar refractivity (Wildman–Crippen MR) is 83.0 cm³/mol. The van der Waals surface area contributed by atoms with E-state index in [1.54, 1.807) is 22.2 Å². The molecule has 3 aromatic rings. The van der Waals surface area contributed by atoms with Crippen molar-refractivity contribution in [1.29, 1.82) is 0 Å². The lowest BCUT2D eigenvalue weighted by Crippen LogP contribution is -2.13.